The molecular weight excluding hydrogens is 244 g/mol. The molecule has 0 radical (unpaired) electrons. The van der Waals surface area contributed by atoms with Gasteiger partial charge in [-0.25, -0.2) is 0 Å². The summed E-state index contributed by atoms with van der Waals surface area (Å²) in [5, 5.41) is 3.62. The summed E-state index contributed by atoms with van der Waals surface area (Å²) in [5.74, 6) is 0. The molecule has 2 nitrogen and oxygen atoms in total. The quantitative estimate of drug-likeness (QED) is 0.906. The Kier molecular flexibility index (Phi) is 4.56. The molecule has 1 aromatic carbocycles. The molecule has 2 heteroatoms. The van der Waals surface area contributed by atoms with Gasteiger partial charge in [-0.2, -0.15) is 0 Å². The van der Waals surface area contributed by atoms with Crippen LogP contribution in [0.3, 0.4) is 0 Å². The molecule has 1 N–H and O–H groups in total. The second kappa shape index (κ2) is 6.19. The summed E-state index contributed by atoms with van der Waals surface area (Å²) in [4.78, 5) is 4.31. The molecule has 0 saturated heterocycles. The fraction of sp³-hybridized carbons (Fsp3) is 0.389. The van der Waals surface area contributed by atoms with Crippen LogP contribution >= 0.6 is 0 Å². The Bertz CT molecular complexity index is 579. The van der Waals surface area contributed by atoms with Gasteiger partial charge in [-0.1, -0.05) is 24.6 Å². The molecule has 1 atom stereocenters. The Morgan fingerprint density at radius 2 is 1.70 bits per heavy atom. The summed E-state index contributed by atoms with van der Waals surface area (Å²) in [6.45, 7) is 11.8. The molecule has 0 bridgehead atoms. The van der Waals surface area contributed by atoms with Crippen molar-refractivity contribution in [3.8, 4) is 0 Å². The van der Waals surface area contributed by atoms with Gasteiger partial charge in [-0.3, -0.25) is 4.98 Å². The third-order valence-electron chi connectivity index (χ3n) is 3.83. The molecule has 1 unspecified atom stereocenters. The number of pyridine rings is 1. The van der Waals surface area contributed by atoms with E-state index in [0.717, 1.165) is 6.54 Å². The molecule has 2 aromatic rings. The van der Waals surface area contributed by atoms with Gasteiger partial charge in [0, 0.05) is 12.4 Å². The lowest BCUT2D eigenvalue weighted by atomic mass is 9.89. The van der Waals surface area contributed by atoms with Crippen molar-refractivity contribution in [2.24, 2.45) is 0 Å². The minimum Gasteiger partial charge on any atom is -0.306 e. The molecule has 0 spiro atoms. The Hall–Kier alpha value is -1.67. The van der Waals surface area contributed by atoms with Crippen molar-refractivity contribution in [2.75, 3.05) is 6.54 Å². The summed E-state index contributed by atoms with van der Waals surface area (Å²) in [7, 11) is 0. The van der Waals surface area contributed by atoms with E-state index in [2.05, 4.69) is 63.1 Å². The van der Waals surface area contributed by atoms with E-state index in [1.807, 2.05) is 12.4 Å². The van der Waals surface area contributed by atoms with Crippen molar-refractivity contribution >= 4 is 0 Å². The molecule has 0 aliphatic heterocycles. The predicted molar refractivity (Wildman–Crippen MR) is 85.1 cm³/mol. The summed E-state index contributed by atoms with van der Waals surface area (Å²) >= 11 is 0. The zero-order valence-corrected chi connectivity index (χ0v) is 13.1. The molecule has 0 amide bonds. The summed E-state index contributed by atoms with van der Waals surface area (Å²) in [6.07, 6.45) is 3.85. The highest BCUT2D eigenvalue weighted by Crippen LogP contribution is 2.30. The number of nitrogens with one attached hydrogen (secondary N) is 1. The molecule has 2 rings (SSSR count). The monoisotopic (exact) mass is 268 g/mol. The van der Waals surface area contributed by atoms with Gasteiger partial charge < -0.3 is 5.32 Å². The van der Waals surface area contributed by atoms with Crippen LogP contribution in [-0.2, 0) is 0 Å². The van der Waals surface area contributed by atoms with Crippen LogP contribution < -0.4 is 5.32 Å². The zero-order valence-electron chi connectivity index (χ0n) is 13.1. The van der Waals surface area contributed by atoms with Crippen molar-refractivity contribution < 1.29 is 0 Å². The molecule has 0 saturated carbocycles. The fourth-order valence-corrected chi connectivity index (χ4v) is 3.00. The highest BCUT2D eigenvalue weighted by molar-refractivity contribution is 5.45. The normalized spacial score (nSPS) is 12.4. The van der Waals surface area contributed by atoms with E-state index in [1.54, 1.807) is 0 Å². The fourth-order valence-electron chi connectivity index (χ4n) is 3.00. The van der Waals surface area contributed by atoms with Crippen LogP contribution in [0.4, 0.5) is 0 Å². The lowest BCUT2D eigenvalue weighted by Crippen LogP contribution is -2.24. The second-order valence-corrected chi connectivity index (χ2v) is 5.54. The van der Waals surface area contributed by atoms with Crippen LogP contribution in [0.5, 0.6) is 0 Å². The van der Waals surface area contributed by atoms with Crippen LogP contribution in [0.1, 0.15) is 46.3 Å². The molecule has 0 aliphatic rings. The van der Waals surface area contributed by atoms with Crippen molar-refractivity contribution in [2.45, 2.75) is 40.7 Å². The Morgan fingerprint density at radius 3 is 2.25 bits per heavy atom. The number of aromatic nitrogens is 1. The smallest absolute Gasteiger partial charge is 0.0599 e. The number of hydrogen-bond donors (Lipinski definition) is 1. The van der Waals surface area contributed by atoms with Crippen LogP contribution in [0.25, 0.3) is 0 Å². The number of aryl methyl sites for hydroxylation is 4. The Morgan fingerprint density at radius 1 is 1.05 bits per heavy atom. The van der Waals surface area contributed by atoms with Gasteiger partial charge in [-0.05, 0) is 68.1 Å². The first-order chi connectivity index (χ1) is 9.54. The molecule has 106 valence electrons. The van der Waals surface area contributed by atoms with E-state index in [1.165, 1.54) is 33.4 Å². The standard InChI is InChI=1S/C18H24N2/c1-6-20-18(16-11-19-8-7-13(16)3)17-14(4)9-12(2)10-15(17)5/h7-11,18,20H,6H2,1-5H3. The first-order valence-electron chi connectivity index (χ1n) is 7.26. The van der Waals surface area contributed by atoms with E-state index in [9.17, 15) is 0 Å². The number of rotatable bonds is 4. The van der Waals surface area contributed by atoms with Crippen molar-refractivity contribution in [1.29, 1.82) is 0 Å². The largest absolute Gasteiger partial charge is 0.306 e. The predicted octanol–water partition coefficient (Wildman–Crippen LogP) is 4.01. The van der Waals surface area contributed by atoms with Crippen LogP contribution in [0, 0.1) is 27.7 Å². The van der Waals surface area contributed by atoms with Gasteiger partial charge in [-0.15, -0.1) is 0 Å². The maximum absolute atomic E-state index is 4.31. The van der Waals surface area contributed by atoms with Crippen LogP contribution in [0.15, 0.2) is 30.6 Å². The van der Waals surface area contributed by atoms with Gasteiger partial charge in [0.05, 0.1) is 6.04 Å². The minimum atomic E-state index is 0.217. The Labute approximate surface area is 122 Å². The SMILES string of the molecule is CCNC(c1cnccc1C)c1c(C)cc(C)cc1C. The maximum Gasteiger partial charge on any atom is 0.0599 e. The maximum atomic E-state index is 4.31. The third kappa shape index (κ3) is 2.91. The molecule has 0 aliphatic carbocycles. The first kappa shape index (κ1) is 14.7. The third-order valence-corrected chi connectivity index (χ3v) is 3.83. The number of nitrogens with zero attached hydrogens (tertiary/aromatic N) is 1. The molecular formula is C18H24N2. The van der Waals surface area contributed by atoms with Gasteiger partial charge in [0.15, 0.2) is 0 Å². The molecule has 1 aromatic heterocycles. The van der Waals surface area contributed by atoms with Crippen molar-refractivity contribution in [3.05, 3.63) is 64.0 Å². The van der Waals surface area contributed by atoms with Crippen LogP contribution in [0.2, 0.25) is 0 Å². The van der Waals surface area contributed by atoms with E-state index >= 15 is 0 Å². The van der Waals surface area contributed by atoms with Crippen molar-refractivity contribution in [1.82, 2.24) is 10.3 Å². The highest BCUT2D eigenvalue weighted by Gasteiger charge is 2.19. The van der Waals surface area contributed by atoms with Crippen LogP contribution in [-0.4, -0.2) is 11.5 Å². The lowest BCUT2D eigenvalue weighted by molar-refractivity contribution is 0.619. The first-order valence-corrected chi connectivity index (χ1v) is 7.26. The van der Waals surface area contributed by atoms with Gasteiger partial charge >= 0.3 is 0 Å². The lowest BCUT2D eigenvalue weighted by Gasteiger charge is -2.24. The minimum absolute atomic E-state index is 0.217. The second-order valence-electron chi connectivity index (χ2n) is 5.54. The van der Waals surface area contributed by atoms with Gasteiger partial charge in [0.2, 0.25) is 0 Å². The molecule has 0 fully saturated rings. The van der Waals surface area contributed by atoms with E-state index in [0.29, 0.717) is 0 Å². The summed E-state index contributed by atoms with van der Waals surface area (Å²) < 4.78 is 0. The zero-order chi connectivity index (χ0) is 14.7. The van der Waals surface area contributed by atoms with Crippen molar-refractivity contribution in [3.63, 3.8) is 0 Å². The Balaban J connectivity index is 2.58. The molecule has 1 heterocycles. The summed E-state index contributed by atoms with van der Waals surface area (Å²) in [5.41, 5.74) is 7.94. The average Bonchev–Trinajstić information content (AvgIpc) is 2.37. The van der Waals surface area contributed by atoms with E-state index < -0.39 is 0 Å². The summed E-state index contributed by atoms with van der Waals surface area (Å²) in [6, 6.07) is 6.82. The van der Waals surface area contributed by atoms with E-state index in [4.69, 9.17) is 0 Å². The van der Waals surface area contributed by atoms with Gasteiger partial charge in [0.25, 0.3) is 0 Å². The van der Waals surface area contributed by atoms with E-state index in [-0.39, 0.29) is 6.04 Å². The molecule has 20 heavy (non-hydrogen) atoms. The topological polar surface area (TPSA) is 24.9 Å². The highest BCUT2D eigenvalue weighted by atomic mass is 14.9. The average molecular weight is 268 g/mol. The number of benzene rings is 1. The number of hydrogen-bond acceptors (Lipinski definition) is 2. The van der Waals surface area contributed by atoms with Gasteiger partial charge in [0.1, 0.15) is 0 Å².